The number of hydroxylamine groups is 1. The van der Waals surface area contributed by atoms with Crippen molar-refractivity contribution in [3.8, 4) is 0 Å². The molecule has 5 heteroatoms. The minimum absolute atomic E-state index is 0.281. The largest absolute Gasteiger partial charge is 0.467 e. The Morgan fingerprint density at radius 3 is 2.50 bits per heavy atom. The molecular formula is C21H23NO4. The first kappa shape index (κ1) is 19.4. The molecule has 0 aliphatic heterocycles. The fourth-order valence-electron chi connectivity index (χ4n) is 2.60. The maximum Gasteiger partial charge on any atom is 0.338 e. The van der Waals surface area contributed by atoms with Crippen LogP contribution >= 0.6 is 0 Å². The molecule has 2 aromatic rings. The van der Waals surface area contributed by atoms with E-state index < -0.39 is 18.0 Å². The van der Waals surface area contributed by atoms with E-state index in [-0.39, 0.29) is 6.42 Å². The van der Waals surface area contributed by atoms with Gasteiger partial charge in [0.15, 0.2) is 6.10 Å². The molecule has 1 unspecified atom stereocenters. The molecular weight excluding hydrogens is 330 g/mol. The van der Waals surface area contributed by atoms with Gasteiger partial charge in [-0.1, -0.05) is 48.6 Å². The van der Waals surface area contributed by atoms with Crippen LogP contribution in [0, 0.1) is 6.92 Å². The molecule has 0 aliphatic carbocycles. The molecule has 0 aromatic heterocycles. The molecule has 136 valence electrons. The molecule has 0 aliphatic rings. The van der Waals surface area contributed by atoms with E-state index >= 15 is 0 Å². The van der Waals surface area contributed by atoms with Gasteiger partial charge in [-0.3, -0.25) is 9.63 Å². The van der Waals surface area contributed by atoms with E-state index in [1.807, 2.05) is 50.3 Å². The lowest BCUT2D eigenvalue weighted by Gasteiger charge is -2.17. The summed E-state index contributed by atoms with van der Waals surface area (Å²) in [7, 11) is 1.29. The fourth-order valence-corrected chi connectivity index (χ4v) is 2.60. The van der Waals surface area contributed by atoms with Crippen LogP contribution in [0.3, 0.4) is 0 Å². The number of aryl methyl sites for hydroxylation is 1. The smallest absolute Gasteiger partial charge is 0.338 e. The van der Waals surface area contributed by atoms with Crippen LogP contribution in [-0.2, 0) is 20.8 Å². The van der Waals surface area contributed by atoms with E-state index in [4.69, 9.17) is 9.57 Å². The van der Waals surface area contributed by atoms with Gasteiger partial charge in [0, 0.05) is 12.0 Å². The van der Waals surface area contributed by atoms with Crippen molar-refractivity contribution >= 4 is 18.0 Å². The van der Waals surface area contributed by atoms with Crippen LogP contribution < -0.4 is 5.48 Å². The highest BCUT2D eigenvalue weighted by molar-refractivity contribution is 5.93. The van der Waals surface area contributed by atoms with Crippen LogP contribution in [0.25, 0.3) is 6.08 Å². The SMILES string of the molecule is C/C=C\c1c(C)cccc1CC(ONC(=O)c1ccccc1)C(=O)OC. The molecule has 1 N–H and O–H groups in total. The first-order valence-corrected chi connectivity index (χ1v) is 8.36. The Balaban J connectivity index is 2.15. The summed E-state index contributed by atoms with van der Waals surface area (Å²) in [6.07, 6.45) is 3.26. The summed E-state index contributed by atoms with van der Waals surface area (Å²) in [5, 5.41) is 0. The number of esters is 1. The van der Waals surface area contributed by atoms with Crippen molar-refractivity contribution in [1.82, 2.24) is 5.48 Å². The molecule has 0 fully saturated rings. The molecule has 0 heterocycles. The number of methoxy groups -OCH3 is 1. The number of ether oxygens (including phenoxy) is 1. The first-order valence-electron chi connectivity index (χ1n) is 8.36. The average molecular weight is 353 g/mol. The molecule has 0 saturated carbocycles. The topological polar surface area (TPSA) is 64.6 Å². The van der Waals surface area contributed by atoms with E-state index in [2.05, 4.69) is 5.48 Å². The molecule has 26 heavy (non-hydrogen) atoms. The van der Waals surface area contributed by atoms with Gasteiger partial charge >= 0.3 is 5.97 Å². The lowest BCUT2D eigenvalue weighted by atomic mass is 9.97. The summed E-state index contributed by atoms with van der Waals surface area (Å²) >= 11 is 0. The lowest BCUT2D eigenvalue weighted by Crippen LogP contribution is -2.36. The predicted molar refractivity (Wildman–Crippen MR) is 100 cm³/mol. The zero-order valence-electron chi connectivity index (χ0n) is 15.2. The van der Waals surface area contributed by atoms with Crippen molar-refractivity contribution in [2.75, 3.05) is 7.11 Å². The first-order chi connectivity index (χ1) is 12.6. The van der Waals surface area contributed by atoms with Crippen molar-refractivity contribution in [2.24, 2.45) is 0 Å². The predicted octanol–water partition coefficient (Wildman–Crippen LogP) is 3.47. The quantitative estimate of drug-likeness (QED) is 0.611. The molecule has 0 radical (unpaired) electrons. The van der Waals surface area contributed by atoms with Crippen LogP contribution in [0.4, 0.5) is 0 Å². The fraction of sp³-hybridized carbons (Fsp3) is 0.238. The number of nitrogens with one attached hydrogen (secondary N) is 1. The van der Waals surface area contributed by atoms with Gasteiger partial charge in [-0.05, 0) is 42.7 Å². The van der Waals surface area contributed by atoms with Crippen molar-refractivity contribution in [3.63, 3.8) is 0 Å². The third kappa shape index (κ3) is 5.04. The van der Waals surface area contributed by atoms with Gasteiger partial charge in [0.2, 0.25) is 0 Å². The molecule has 5 nitrogen and oxygen atoms in total. The Bertz CT molecular complexity index is 784. The zero-order valence-corrected chi connectivity index (χ0v) is 15.2. The Morgan fingerprint density at radius 1 is 1.12 bits per heavy atom. The van der Waals surface area contributed by atoms with Crippen LogP contribution in [0.2, 0.25) is 0 Å². The van der Waals surface area contributed by atoms with Crippen molar-refractivity contribution < 1.29 is 19.2 Å². The van der Waals surface area contributed by atoms with Crippen LogP contribution in [0.1, 0.15) is 34.0 Å². The molecule has 1 amide bonds. The summed E-state index contributed by atoms with van der Waals surface area (Å²) in [4.78, 5) is 29.6. The van der Waals surface area contributed by atoms with E-state index in [9.17, 15) is 9.59 Å². The van der Waals surface area contributed by atoms with Gasteiger partial charge in [0.1, 0.15) is 0 Å². The normalized spacial score (nSPS) is 12.0. The number of rotatable bonds is 7. The van der Waals surface area contributed by atoms with Gasteiger partial charge < -0.3 is 4.74 Å². The Labute approximate surface area is 153 Å². The molecule has 2 aromatic carbocycles. The van der Waals surface area contributed by atoms with E-state index in [0.29, 0.717) is 5.56 Å². The standard InChI is InChI=1S/C21H23NO4/c1-4-9-18-15(2)10-8-13-17(18)14-19(21(24)25-3)26-22-20(23)16-11-6-5-7-12-16/h4-13,19H,14H2,1-3H3,(H,22,23)/b9-4-. The highest BCUT2D eigenvalue weighted by atomic mass is 16.7. The van der Waals surface area contributed by atoms with E-state index in [1.54, 1.807) is 24.3 Å². The van der Waals surface area contributed by atoms with Crippen molar-refractivity contribution in [3.05, 3.63) is 76.9 Å². The minimum atomic E-state index is -0.946. The summed E-state index contributed by atoms with van der Waals surface area (Å²) in [5.74, 6) is -0.969. The van der Waals surface area contributed by atoms with Crippen LogP contribution in [-0.4, -0.2) is 25.1 Å². The maximum atomic E-state index is 12.1. The van der Waals surface area contributed by atoms with Gasteiger partial charge in [-0.2, -0.15) is 0 Å². The highest BCUT2D eigenvalue weighted by Gasteiger charge is 2.23. The maximum absolute atomic E-state index is 12.1. The summed E-state index contributed by atoms with van der Waals surface area (Å²) in [6.45, 7) is 3.94. The second-order valence-electron chi connectivity index (χ2n) is 5.78. The van der Waals surface area contributed by atoms with Crippen molar-refractivity contribution in [1.29, 1.82) is 0 Å². The number of amides is 1. The number of hydrogen-bond donors (Lipinski definition) is 1. The molecule has 0 saturated heterocycles. The molecule has 2 rings (SSSR count). The summed E-state index contributed by atoms with van der Waals surface area (Å²) < 4.78 is 4.82. The molecule has 1 atom stereocenters. The Hall–Kier alpha value is -2.92. The number of carbonyl (C=O) groups excluding carboxylic acids is 2. The van der Waals surface area contributed by atoms with E-state index in [0.717, 1.165) is 16.7 Å². The zero-order chi connectivity index (χ0) is 18.9. The van der Waals surface area contributed by atoms with Crippen molar-refractivity contribution in [2.45, 2.75) is 26.4 Å². The van der Waals surface area contributed by atoms with Crippen LogP contribution in [0.15, 0.2) is 54.6 Å². The third-order valence-electron chi connectivity index (χ3n) is 3.95. The second kappa shape index (κ2) is 9.53. The van der Waals surface area contributed by atoms with Gasteiger partial charge in [-0.25, -0.2) is 10.3 Å². The number of allylic oxidation sites excluding steroid dienone is 1. The Morgan fingerprint density at radius 2 is 1.85 bits per heavy atom. The minimum Gasteiger partial charge on any atom is -0.467 e. The molecule has 0 bridgehead atoms. The summed E-state index contributed by atoms with van der Waals surface area (Å²) in [6, 6.07) is 14.5. The number of carbonyl (C=O) groups is 2. The third-order valence-corrected chi connectivity index (χ3v) is 3.95. The van der Waals surface area contributed by atoms with E-state index in [1.165, 1.54) is 7.11 Å². The van der Waals surface area contributed by atoms with Gasteiger partial charge in [0.25, 0.3) is 5.91 Å². The number of hydrogen-bond acceptors (Lipinski definition) is 4. The Kier molecular flexibility index (Phi) is 7.12. The lowest BCUT2D eigenvalue weighted by molar-refractivity contribution is -0.157. The summed E-state index contributed by atoms with van der Waals surface area (Å²) in [5.41, 5.74) is 5.85. The van der Waals surface area contributed by atoms with Gasteiger partial charge in [-0.15, -0.1) is 0 Å². The number of benzene rings is 2. The highest BCUT2D eigenvalue weighted by Crippen LogP contribution is 2.19. The van der Waals surface area contributed by atoms with Gasteiger partial charge in [0.05, 0.1) is 7.11 Å². The average Bonchev–Trinajstić information content (AvgIpc) is 2.67. The second-order valence-corrected chi connectivity index (χ2v) is 5.78. The monoisotopic (exact) mass is 353 g/mol. The van der Waals surface area contributed by atoms with Crippen LogP contribution in [0.5, 0.6) is 0 Å². The molecule has 0 spiro atoms.